The summed E-state index contributed by atoms with van der Waals surface area (Å²) in [5, 5.41) is 0. The maximum absolute atomic E-state index is 12.0. The van der Waals surface area contributed by atoms with Gasteiger partial charge in [-0.2, -0.15) is 0 Å². The van der Waals surface area contributed by atoms with Crippen LogP contribution in [0.3, 0.4) is 0 Å². The maximum Gasteiger partial charge on any atom is 0.239 e. The van der Waals surface area contributed by atoms with Crippen LogP contribution in [0.4, 0.5) is 0 Å². The molecule has 1 atom stereocenters. The largest absolute Gasteiger partial charge is 0.347 e. The van der Waals surface area contributed by atoms with Crippen LogP contribution in [0.1, 0.15) is 12.6 Å². The number of carbonyl (C=O) groups is 1. The number of carbonyl (C=O) groups excluding carboxylic acids is 1. The van der Waals surface area contributed by atoms with Crippen LogP contribution in [-0.4, -0.2) is 57.4 Å². The molecule has 0 aliphatic rings. The van der Waals surface area contributed by atoms with Gasteiger partial charge in [0.05, 0.1) is 6.04 Å². The minimum absolute atomic E-state index is 0.0894. The number of nitrogens with zero attached hydrogens (tertiary/aromatic N) is 5. The zero-order chi connectivity index (χ0) is 15.4. The molecule has 6 nitrogen and oxygen atoms in total. The predicted molar refractivity (Wildman–Crippen MR) is 81.0 cm³/mol. The summed E-state index contributed by atoms with van der Waals surface area (Å²) in [6, 6.07) is 5.58. The molecule has 0 radical (unpaired) electrons. The molecule has 21 heavy (non-hydrogen) atoms. The van der Waals surface area contributed by atoms with Crippen LogP contribution in [0.2, 0.25) is 0 Å². The van der Waals surface area contributed by atoms with E-state index in [9.17, 15) is 4.79 Å². The second-order valence-corrected chi connectivity index (χ2v) is 5.24. The quantitative estimate of drug-likeness (QED) is 0.828. The van der Waals surface area contributed by atoms with Crippen molar-refractivity contribution >= 4 is 5.91 Å². The Balaban J connectivity index is 2.14. The van der Waals surface area contributed by atoms with E-state index in [2.05, 4.69) is 9.97 Å². The van der Waals surface area contributed by atoms with Crippen LogP contribution >= 0.6 is 0 Å². The summed E-state index contributed by atoms with van der Waals surface area (Å²) in [6.45, 7) is 2.56. The van der Waals surface area contributed by atoms with E-state index in [-0.39, 0.29) is 11.9 Å². The maximum atomic E-state index is 12.0. The van der Waals surface area contributed by atoms with E-state index in [0.717, 1.165) is 5.69 Å². The molecule has 112 valence electrons. The van der Waals surface area contributed by atoms with Crippen molar-refractivity contribution in [2.24, 2.45) is 0 Å². The zero-order valence-electron chi connectivity index (χ0n) is 12.9. The van der Waals surface area contributed by atoms with Gasteiger partial charge in [-0.3, -0.25) is 14.3 Å². The summed E-state index contributed by atoms with van der Waals surface area (Å²) in [5.74, 6) is 0.726. The average Bonchev–Trinajstić information content (AvgIpc) is 2.94. The SMILES string of the molecule is C[C@H](C(=O)N(C)C)N(C)Cc1cccn1-c1ncccn1. The van der Waals surface area contributed by atoms with E-state index >= 15 is 0 Å². The van der Waals surface area contributed by atoms with Gasteiger partial charge in [0, 0.05) is 44.9 Å². The topological polar surface area (TPSA) is 54.3 Å². The number of amides is 1. The molecule has 0 aliphatic heterocycles. The average molecular weight is 287 g/mol. The van der Waals surface area contributed by atoms with Crippen molar-refractivity contribution in [2.45, 2.75) is 19.5 Å². The summed E-state index contributed by atoms with van der Waals surface area (Å²) in [6.07, 6.45) is 5.36. The molecule has 0 aromatic carbocycles. The van der Waals surface area contributed by atoms with Crippen LogP contribution in [0.15, 0.2) is 36.8 Å². The number of aromatic nitrogens is 3. The lowest BCUT2D eigenvalue weighted by Gasteiger charge is -2.26. The molecule has 2 rings (SSSR count). The molecule has 1 amide bonds. The van der Waals surface area contributed by atoms with Crippen LogP contribution in [0.25, 0.3) is 5.95 Å². The first kappa shape index (κ1) is 15.2. The first-order valence-corrected chi connectivity index (χ1v) is 6.85. The molecular weight excluding hydrogens is 266 g/mol. The predicted octanol–water partition coefficient (Wildman–Crippen LogP) is 1.18. The molecule has 0 saturated carbocycles. The van der Waals surface area contributed by atoms with Gasteiger partial charge in [-0.25, -0.2) is 9.97 Å². The minimum atomic E-state index is -0.181. The van der Waals surface area contributed by atoms with Crippen molar-refractivity contribution in [1.82, 2.24) is 24.3 Å². The highest BCUT2D eigenvalue weighted by molar-refractivity contribution is 5.80. The van der Waals surface area contributed by atoms with Crippen LogP contribution < -0.4 is 0 Å². The van der Waals surface area contributed by atoms with Crippen molar-refractivity contribution in [1.29, 1.82) is 0 Å². The Kier molecular flexibility index (Phi) is 4.70. The molecule has 2 aromatic heterocycles. The molecular formula is C15H21N5O. The first-order chi connectivity index (χ1) is 10.0. The Morgan fingerprint density at radius 2 is 1.90 bits per heavy atom. The van der Waals surface area contributed by atoms with E-state index in [4.69, 9.17) is 0 Å². The Morgan fingerprint density at radius 3 is 2.52 bits per heavy atom. The summed E-state index contributed by atoms with van der Waals surface area (Å²) in [7, 11) is 5.48. The fraction of sp³-hybridized carbons (Fsp3) is 0.400. The molecule has 0 unspecified atom stereocenters. The van der Waals surface area contributed by atoms with Gasteiger partial charge < -0.3 is 4.90 Å². The van der Waals surface area contributed by atoms with E-state index in [1.807, 2.05) is 41.8 Å². The van der Waals surface area contributed by atoms with Gasteiger partial charge in [0.2, 0.25) is 11.9 Å². The second-order valence-electron chi connectivity index (χ2n) is 5.24. The number of likely N-dealkylation sites (N-methyl/N-ethyl adjacent to an activating group) is 2. The highest BCUT2D eigenvalue weighted by Gasteiger charge is 2.20. The van der Waals surface area contributed by atoms with Gasteiger partial charge in [0.25, 0.3) is 0 Å². The summed E-state index contributed by atoms with van der Waals surface area (Å²) in [4.78, 5) is 24.2. The van der Waals surface area contributed by atoms with Crippen LogP contribution in [0, 0.1) is 0 Å². The van der Waals surface area contributed by atoms with Crippen LogP contribution in [0.5, 0.6) is 0 Å². The lowest BCUT2D eigenvalue weighted by molar-refractivity contribution is -0.133. The Morgan fingerprint density at radius 1 is 1.24 bits per heavy atom. The fourth-order valence-electron chi connectivity index (χ4n) is 2.11. The van der Waals surface area contributed by atoms with E-state index < -0.39 is 0 Å². The summed E-state index contributed by atoms with van der Waals surface area (Å²) in [5.41, 5.74) is 1.04. The summed E-state index contributed by atoms with van der Waals surface area (Å²) < 4.78 is 1.93. The third-order valence-corrected chi connectivity index (χ3v) is 3.47. The third kappa shape index (κ3) is 3.46. The molecule has 0 aliphatic carbocycles. The standard InChI is InChI=1S/C15H21N5O/c1-12(14(21)18(2)3)19(4)11-13-7-5-10-20(13)15-16-8-6-9-17-15/h5-10,12H,11H2,1-4H3/t12-/m1/s1. The molecule has 0 fully saturated rings. The number of hydrogen-bond donors (Lipinski definition) is 0. The van der Waals surface area contributed by atoms with E-state index in [1.165, 1.54) is 0 Å². The number of rotatable bonds is 5. The number of hydrogen-bond acceptors (Lipinski definition) is 4. The summed E-state index contributed by atoms with van der Waals surface area (Å²) >= 11 is 0. The lowest BCUT2D eigenvalue weighted by Crippen LogP contribution is -2.42. The smallest absolute Gasteiger partial charge is 0.239 e. The lowest BCUT2D eigenvalue weighted by atomic mass is 10.2. The van der Waals surface area contributed by atoms with Crippen molar-refractivity contribution in [3.8, 4) is 5.95 Å². The van der Waals surface area contributed by atoms with Gasteiger partial charge in [-0.1, -0.05) is 0 Å². The van der Waals surface area contributed by atoms with Gasteiger partial charge >= 0.3 is 0 Å². The molecule has 0 bridgehead atoms. The van der Waals surface area contributed by atoms with Crippen molar-refractivity contribution < 1.29 is 4.79 Å². The van der Waals surface area contributed by atoms with Gasteiger partial charge in [-0.05, 0) is 32.2 Å². The fourth-order valence-corrected chi connectivity index (χ4v) is 2.11. The molecule has 0 N–H and O–H groups in total. The van der Waals surface area contributed by atoms with Crippen LogP contribution in [-0.2, 0) is 11.3 Å². The minimum Gasteiger partial charge on any atom is -0.347 e. The third-order valence-electron chi connectivity index (χ3n) is 3.47. The van der Waals surface area contributed by atoms with Gasteiger partial charge in [0.1, 0.15) is 0 Å². The Labute approximate surface area is 125 Å². The van der Waals surface area contributed by atoms with Crippen molar-refractivity contribution in [3.63, 3.8) is 0 Å². The molecule has 0 saturated heterocycles. The molecule has 6 heteroatoms. The zero-order valence-corrected chi connectivity index (χ0v) is 12.9. The molecule has 2 aromatic rings. The van der Waals surface area contributed by atoms with Gasteiger partial charge in [-0.15, -0.1) is 0 Å². The second kappa shape index (κ2) is 6.49. The highest BCUT2D eigenvalue weighted by atomic mass is 16.2. The highest BCUT2D eigenvalue weighted by Crippen LogP contribution is 2.12. The van der Waals surface area contributed by atoms with Crippen molar-refractivity contribution in [3.05, 3.63) is 42.5 Å². The van der Waals surface area contributed by atoms with Gasteiger partial charge in [0.15, 0.2) is 0 Å². The van der Waals surface area contributed by atoms with Crippen molar-refractivity contribution in [2.75, 3.05) is 21.1 Å². The Hall–Kier alpha value is -2.21. The molecule has 0 spiro atoms. The monoisotopic (exact) mass is 287 g/mol. The normalized spacial score (nSPS) is 12.4. The molecule has 2 heterocycles. The van der Waals surface area contributed by atoms with E-state index in [1.54, 1.807) is 37.5 Å². The Bertz CT molecular complexity index is 593. The van der Waals surface area contributed by atoms with E-state index in [0.29, 0.717) is 12.5 Å². The first-order valence-electron chi connectivity index (χ1n) is 6.85.